The lowest BCUT2D eigenvalue weighted by Gasteiger charge is -2.42. The maximum Gasteiger partial charge on any atom is 0.228 e. The van der Waals surface area contributed by atoms with Gasteiger partial charge in [-0.1, -0.05) is 68.4 Å². The molecule has 0 bridgehead atoms. The van der Waals surface area contributed by atoms with Gasteiger partial charge in [-0.05, 0) is 41.9 Å². The van der Waals surface area contributed by atoms with Crippen LogP contribution in [0.1, 0.15) is 38.7 Å². The van der Waals surface area contributed by atoms with Gasteiger partial charge in [0, 0.05) is 33.6 Å². The minimum Gasteiger partial charge on any atom is -0.348 e. The molecule has 1 aliphatic heterocycles. The molecule has 0 unspecified atom stereocenters. The van der Waals surface area contributed by atoms with Gasteiger partial charge in [0.15, 0.2) is 0 Å². The lowest BCUT2D eigenvalue weighted by Crippen LogP contribution is -2.51. The topological polar surface area (TPSA) is 40.6 Å². The standard InChI is InChI=1S/C26H34N2O2/c1-20(2)18-24(29)28-16-14-26(15-17-28,25(30)27(3)4)19-21-10-12-23(13-11-21)22-8-6-5-7-9-22/h5-13,20H,14-19H2,1-4H3. The molecule has 4 heteroatoms. The molecule has 1 aliphatic rings. The Labute approximate surface area is 180 Å². The molecule has 2 aromatic carbocycles. The van der Waals surface area contributed by atoms with Gasteiger partial charge in [-0.3, -0.25) is 9.59 Å². The molecule has 1 heterocycles. The second-order valence-electron chi connectivity index (χ2n) is 9.20. The molecule has 3 rings (SSSR count). The van der Waals surface area contributed by atoms with Crippen molar-refractivity contribution in [3.05, 3.63) is 60.2 Å². The van der Waals surface area contributed by atoms with Gasteiger partial charge in [0.2, 0.25) is 11.8 Å². The zero-order valence-corrected chi connectivity index (χ0v) is 18.7. The van der Waals surface area contributed by atoms with Crippen LogP contribution in [0.3, 0.4) is 0 Å². The highest BCUT2D eigenvalue weighted by Crippen LogP contribution is 2.37. The van der Waals surface area contributed by atoms with E-state index in [1.807, 2.05) is 37.2 Å². The summed E-state index contributed by atoms with van der Waals surface area (Å²) in [4.78, 5) is 29.3. The first-order valence-corrected chi connectivity index (χ1v) is 10.9. The molecule has 0 atom stereocenters. The van der Waals surface area contributed by atoms with Crippen molar-refractivity contribution in [2.45, 2.75) is 39.5 Å². The van der Waals surface area contributed by atoms with E-state index in [9.17, 15) is 9.59 Å². The monoisotopic (exact) mass is 406 g/mol. The Kier molecular flexibility index (Phi) is 6.96. The average molecular weight is 407 g/mol. The molecule has 2 aromatic rings. The second-order valence-corrected chi connectivity index (χ2v) is 9.20. The van der Waals surface area contributed by atoms with E-state index in [-0.39, 0.29) is 11.8 Å². The Hall–Kier alpha value is -2.62. The van der Waals surface area contributed by atoms with Gasteiger partial charge in [0.1, 0.15) is 0 Å². The zero-order chi connectivity index (χ0) is 21.7. The van der Waals surface area contributed by atoms with Crippen LogP contribution in [0.15, 0.2) is 54.6 Å². The van der Waals surface area contributed by atoms with E-state index in [1.54, 1.807) is 4.90 Å². The van der Waals surface area contributed by atoms with E-state index in [1.165, 1.54) is 16.7 Å². The normalized spacial score (nSPS) is 15.8. The molecule has 0 N–H and O–H groups in total. The predicted molar refractivity (Wildman–Crippen MR) is 122 cm³/mol. The Bertz CT molecular complexity index is 848. The summed E-state index contributed by atoms with van der Waals surface area (Å²) in [6, 6.07) is 18.9. The summed E-state index contributed by atoms with van der Waals surface area (Å²) < 4.78 is 0. The Balaban J connectivity index is 1.75. The average Bonchev–Trinajstić information content (AvgIpc) is 2.74. The van der Waals surface area contributed by atoms with Gasteiger partial charge in [-0.25, -0.2) is 0 Å². The number of hydrogen-bond donors (Lipinski definition) is 0. The molecule has 160 valence electrons. The van der Waals surface area contributed by atoms with Crippen LogP contribution in [-0.2, 0) is 16.0 Å². The third-order valence-electron chi connectivity index (χ3n) is 6.12. The fraction of sp³-hybridized carbons (Fsp3) is 0.462. The number of nitrogens with zero attached hydrogens (tertiary/aromatic N) is 2. The van der Waals surface area contributed by atoms with Gasteiger partial charge in [-0.15, -0.1) is 0 Å². The van der Waals surface area contributed by atoms with Crippen molar-refractivity contribution >= 4 is 11.8 Å². The van der Waals surface area contributed by atoms with E-state index in [4.69, 9.17) is 0 Å². The number of rotatable bonds is 6. The molecule has 2 amide bonds. The maximum absolute atomic E-state index is 13.2. The van der Waals surface area contributed by atoms with Crippen LogP contribution < -0.4 is 0 Å². The van der Waals surface area contributed by atoms with Gasteiger partial charge in [-0.2, -0.15) is 0 Å². The zero-order valence-electron chi connectivity index (χ0n) is 18.7. The molecule has 0 aliphatic carbocycles. The van der Waals surface area contributed by atoms with Crippen LogP contribution in [-0.4, -0.2) is 48.8 Å². The number of carbonyl (C=O) groups excluding carboxylic acids is 2. The number of hydrogen-bond acceptors (Lipinski definition) is 2. The number of likely N-dealkylation sites (tertiary alicyclic amines) is 1. The third kappa shape index (κ3) is 5.10. The van der Waals surface area contributed by atoms with E-state index >= 15 is 0 Å². The first-order valence-electron chi connectivity index (χ1n) is 10.9. The van der Waals surface area contributed by atoms with Crippen molar-refractivity contribution in [2.75, 3.05) is 27.2 Å². The van der Waals surface area contributed by atoms with Crippen LogP contribution in [0.2, 0.25) is 0 Å². The van der Waals surface area contributed by atoms with Gasteiger partial charge in [0.05, 0.1) is 5.41 Å². The summed E-state index contributed by atoms with van der Waals surface area (Å²) >= 11 is 0. The Morgan fingerprint density at radius 3 is 2.03 bits per heavy atom. The SMILES string of the molecule is CC(C)CC(=O)N1CCC(Cc2ccc(-c3ccccc3)cc2)(C(=O)N(C)C)CC1. The summed E-state index contributed by atoms with van der Waals surface area (Å²) in [6.07, 6.45) is 2.73. The Morgan fingerprint density at radius 2 is 1.50 bits per heavy atom. The molecule has 1 fully saturated rings. The molecule has 0 radical (unpaired) electrons. The van der Waals surface area contributed by atoms with Gasteiger partial charge < -0.3 is 9.80 Å². The number of carbonyl (C=O) groups is 2. The largest absolute Gasteiger partial charge is 0.348 e. The minimum atomic E-state index is -0.438. The van der Waals surface area contributed by atoms with Crippen molar-refractivity contribution in [3.63, 3.8) is 0 Å². The van der Waals surface area contributed by atoms with Crippen LogP contribution in [0.5, 0.6) is 0 Å². The predicted octanol–water partition coefficient (Wildman–Crippen LogP) is 4.64. The number of piperidine rings is 1. The van der Waals surface area contributed by atoms with Crippen molar-refractivity contribution in [3.8, 4) is 11.1 Å². The third-order valence-corrected chi connectivity index (χ3v) is 6.12. The molecular weight excluding hydrogens is 372 g/mol. The quantitative estimate of drug-likeness (QED) is 0.701. The van der Waals surface area contributed by atoms with Crippen LogP contribution in [0.25, 0.3) is 11.1 Å². The summed E-state index contributed by atoms with van der Waals surface area (Å²) in [5.74, 6) is 0.740. The lowest BCUT2D eigenvalue weighted by atomic mass is 9.72. The van der Waals surface area contributed by atoms with Crippen molar-refractivity contribution in [1.29, 1.82) is 0 Å². The second kappa shape index (κ2) is 9.46. The highest BCUT2D eigenvalue weighted by atomic mass is 16.2. The number of benzene rings is 2. The smallest absolute Gasteiger partial charge is 0.228 e. The van der Waals surface area contributed by atoms with Gasteiger partial charge in [0.25, 0.3) is 0 Å². The lowest BCUT2D eigenvalue weighted by molar-refractivity contribution is -0.146. The highest BCUT2D eigenvalue weighted by molar-refractivity contribution is 5.83. The Morgan fingerprint density at radius 1 is 0.933 bits per heavy atom. The minimum absolute atomic E-state index is 0.172. The fourth-order valence-corrected chi connectivity index (χ4v) is 4.44. The summed E-state index contributed by atoms with van der Waals surface area (Å²) in [5.41, 5.74) is 3.11. The molecular formula is C26H34N2O2. The highest BCUT2D eigenvalue weighted by Gasteiger charge is 2.43. The maximum atomic E-state index is 13.2. The fourth-order valence-electron chi connectivity index (χ4n) is 4.44. The molecule has 0 spiro atoms. The summed E-state index contributed by atoms with van der Waals surface area (Å²) in [7, 11) is 3.66. The van der Waals surface area contributed by atoms with Crippen molar-refractivity contribution in [1.82, 2.24) is 9.80 Å². The number of amides is 2. The van der Waals surface area contributed by atoms with Gasteiger partial charge >= 0.3 is 0 Å². The van der Waals surface area contributed by atoms with E-state index in [0.717, 1.165) is 0 Å². The molecule has 0 aromatic heterocycles. The molecule has 0 saturated carbocycles. The van der Waals surface area contributed by atoms with Crippen molar-refractivity contribution < 1.29 is 9.59 Å². The van der Waals surface area contributed by atoms with Crippen LogP contribution in [0, 0.1) is 11.3 Å². The van der Waals surface area contributed by atoms with E-state index < -0.39 is 5.41 Å². The van der Waals surface area contributed by atoms with Crippen LogP contribution in [0.4, 0.5) is 0 Å². The summed E-state index contributed by atoms with van der Waals surface area (Å²) in [5, 5.41) is 0. The van der Waals surface area contributed by atoms with Crippen molar-refractivity contribution in [2.24, 2.45) is 11.3 Å². The van der Waals surface area contributed by atoms with E-state index in [0.29, 0.717) is 44.7 Å². The summed E-state index contributed by atoms with van der Waals surface area (Å²) in [6.45, 7) is 5.46. The van der Waals surface area contributed by atoms with Crippen LogP contribution >= 0.6 is 0 Å². The first kappa shape index (κ1) is 22.1. The molecule has 30 heavy (non-hydrogen) atoms. The van der Waals surface area contributed by atoms with E-state index in [2.05, 4.69) is 50.2 Å². The first-order chi connectivity index (χ1) is 14.3. The molecule has 1 saturated heterocycles. The molecule has 4 nitrogen and oxygen atoms in total.